The minimum atomic E-state index is -0.742. The number of amides is 2. The van der Waals surface area contributed by atoms with Crippen molar-refractivity contribution in [1.82, 2.24) is 0 Å². The first-order valence-corrected chi connectivity index (χ1v) is 7.11. The maximum Gasteiger partial charge on any atom is 0.249 e. The molecule has 4 N–H and O–H groups in total. The van der Waals surface area contributed by atoms with Gasteiger partial charge in [-0.15, -0.1) is 0 Å². The van der Waals surface area contributed by atoms with Crippen molar-refractivity contribution in [1.29, 1.82) is 0 Å². The molecule has 0 bridgehead atoms. The van der Waals surface area contributed by atoms with Gasteiger partial charge >= 0.3 is 0 Å². The van der Waals surface area contributed by atoms with Crippen LogP contribution in [0.5, 0.6) is 5.75 Å². The van der Waals surface area contributed by atoms with Gasteiger partial charge in [0.25, 0.3) is 0 Å². The molecule has 2 aromatic rings. The molecular formula is C17H17FN2O3. The summed E-state index contributed by atoms with van der Waals surface area (Å²) in [5.41, 5.74) is 11.4. The summed E-state index contributed by atoms with van der Waals surface area (Å²) < 4.78 is 19.6. The van der Waals surface area contributed by atoms with Gasteiger partial charge in [0, 0.05) is 22.3 Å². The van der Waals surface area contributed by atoms with Gasteiger partial charge in [0.05, 0.1) is 6.61 Å². The van der Waals surface area contributed by atoms with Crippen LogP contribution in [0, 0.1) is 5.82 Å². The zero-order valence-corrected chi connectivity index (χ0v) is 12.6. The van der Waals surface area contributed by atoms with E-state index in [1.54, 1.807) is 6.07 Å². The minimum Gasteiger partial charge on any atom is -0.490 e. The third kappa shape index (κ3) is 3.31. The van der Waals surface area contributed by atoms with E-state index in [2.05, 4.69) is 0 Å². The molecule has 0 unspecified atom stereocenters. The van der Waals surface area contributed by atoms with Gasteiger partial charge in [-0.3, -0.25) is 9.59 Å². The fourth-order valence-electron chi connectivity index (χ4n) is 2.31. The molecule has 0 heterocycles. The summed E-state index contributed by atoms with van der Waals surface area (Å²) in [6.45, 7) is 2.17. The second-order valence-corrected chi connectivity index (χ2v) is 4.92. The molecule has 0 aliphatic rings. The van der Waals surface area contributed by atoms with E-state index in [0.29, 0.717) is 13.0 Å². The second kappa shape index (κ2) is 6.91. The average molecular weight is 316 g/mol. The Morgan fingerprint density at radius 2 is 1.61 bits per heavy atom. The Bertz CT molecular complexity index is 727. The maximum atomic E-state index is 14.2. The summed E-state index contributed by atoms with van der Waals surface area (Å²) in [4.78, 5) is 23.4. The molecule has 2 amide bonds. The molecule has 5 nitrogen and oxygen atoms in total. The van der Waals surface area contributed by atoms with E-state index in [0.717, 1.165) is 0 Å². The predicted molar refractivity (Wildman–Crippen MR) is 84.7 cm³/mol. The first-order valence-electron chi connectivity index (χ1n) is 7.11. The van der Waals surface area contributed by atoms with Crippen LogP contribution in [0.4, 0.5) is 4.39 Å². The summed E-state index contributed by atoms with van der Waals surface area (Å²) in [6, 6.07) is 8.67. The first kappa shape index (κ1) is 16.5. The standard InChI is InChI=1S/C17H17FN2O3/c1-2-9-23-15-10(5-4-8-13(15)18)14-11(16(19)21)6-3-7-12(14)17(20)22/h3-8H,2,9H2,1H3,(H2,19,21)(H2,20,22). The Labute approximate surface area is 133 Å². The third-order valence-electron chi connectivity index (χ3n) is 3.28. The van der Waals surface area contributed by atoms with E-state index in [1.165, 1.54) is 30.3 Å². The van der Waals surface area contributed by atoms with Crippen LogP contribution in [-0.4, -0.2) is 18.4 Å². The van der Waals surface area contributed by atoms with Crippen LogP contribution in [-0.2, 0) is 0 Å². The van der Waals surface area contributed by atoms with Gasteiger partial charge in [-0.25, -0.2) is 4.39 Å². The summed E-state index contributed by atoms with van der Waals surface area (Å²) in [5.74, 6) is -2.11. The molecule has 2 aromatic carbocycles. The van der Waals surface area contributed by atoms with E-state index in [-0.39, 0.29) is 28.0 Å². The quantitative estimate of drug-likeness (QED) is 0.857. The average Bonchev–Trinajstić information content (AvgIpc) is 2.52. The predicted octanol–water partition coefficient (Wildman–Crippen LogP) is 2.48. The van der Waals surface area contributed by atoms with Crippen molar-refractivity contribution in [2.75, 3.05) is 6.61 Å². The van der Waals surface area contributed by atoms with Crippen molar-refractivity contribution in [3.8, 4) is 16.9 Å². The van der Waals surface area contributed by atoms with Crippen LogP contribution in [0.15, 0.2) is 36.4 Å². The van der Waals surface area contributed by atoms with E-state index in [9.17, 15) is 14.0 Å². The first-order chi connectivity index (χ1) is 11.0. The van der Waals surface area contributed by atoms with E-state index in [4.69, 9.17) is 16.2 Å². The molecule has 2 rings (SSSR count). The van der Waals surface area contributed by atoms with Crippen LogP contribution in [0.1, 0.15) is 34.1 Å². The van der Waals surface area contributed by atoms with Gasteiger partial charge in [-0.05, 0) is 24.6 Å². The molecule has 120 valence electrons. The molecule has 6 heteroatoms. The highest BCUT2D eigenvalue weighted by Gasteiger charge is 2.22. The number of carbonyl (C=O) groups excluding carboxylic acids is 2. The molecular weight excluding hydrogens is 299 g/mol. The molecule has 0 fully saturated rings. The van der Waals surface area contributed by atoms with Gasteiger partial charge < -0.3 is 16.2 Å². The number of rotatable bonds is 6. The molecule has 0 aliphatic heterocycles. The normalized spacial score (nSPS) is 10.3. The van der Waals surface area contributed by atoms with Crippen LogP contribution in [0.3, 0.4) is 0 Å². The van der Waals surface area contributed by atoms with Gasteiger partial charge in [0.15, 0.2) is 11.6 Å². The Morgan fingerprint density at radius 3 is 2.13 bits per heavy atom. The summed E-state index contributed by atoms with van der Waals surface area (Å²) in [7, 11) is 0. The zero-order chi connectivity index (χ0) is 17.0. The molecule has 0 aliphatic carbocycles. The second-order valence-electron chi connectivity index (χ2n) is 4.92. The van der Waals surface area contributed by atoms with Crippen LogP contribution < -0.4 is 16.2 Å². The lowest BCUT2D eigenvalue weighted by molar-refractivity contribution is 0.0999. The number of hydrogen-bond acceptors (Lipinski definition) is 3. The molecule has 0 saturated carbocycles. The number of ether oxygens (including phenoxy) is 1. The van der Waals surface area contributed by atoms with Crippen LogP contribution >= 0.6 is 0 Å². The zero-order valence-electron chi connectivity index (χ0n) is 12.6. The molecule has 0 atom stereocenters. The van der Waals surface area contributed by atoms with E-state index >= 15 is 0 Å². The van der Waals surface area contributed by atoms with Crippen molar-refractivity contribution in [3.05, 3.63) is 53.3 Å². The molecule has 0 radical (unpaired) electrons. The van der Waals surface area contributed by atoms with Crippen LogP contribution in [0.25, 0.3) is 11.1 Å². The number of para-hydroxylation sites is 1. The van der Waals surface area contributed by atoms with Gasteiger partial charge in [-0.1, -0.05) is 25.1 Å². The van der Waals surface area contributed by atoms with E-state index < -0.39 is 17.6 Å². The van der Waals surface area contributed by atoms with Crippen molar-refractivity contribution in [3.63, 3.8) is 0 Å². The third-order valence-corrected chi connectivity index (χ3v) is 3.28. The number of nitrogens with two attached hydrogens (primary N) is 2. The summed E-state index contributed by atoms with van der Waals surface area (Å²) in [5, 5.41) is 0. The Hall–Kier alpha value is -2.89. The lowest BCUT2D eigenvalue weighted by Gasteiger charge is -2.16. The van der Waals surface area contributed by atoms with Crippen molar-refractivity contribution in [2.24, 2.45) is 11.5 Å². The van der Waals surface area contributed by atoms with Gasteiger partial charge in [0.1, 0.15) is 0 Å². The SMILES string of the molecule is CCCOc1c(F)cccc1-c1c(C(N)=O)cccc1C(N)=O. The fraction of sp³-hybridized carbons (Fsp3) is 0.176. The lowest BCUT2D eigenvalue weighted by atomic mass is 9.92. The largest absolute Gasteiger partial charge is 0.490 e. The van der Waals surface area contributed by atoms with Crippen molar-refractivity contribution < 1.29 is 18.7 Å². The molecule has 0 spiro atoms. The van der Waals surface area contributed by atoms with E-state index in [1.807, 2.05) is 6.92 Å². The monoisotopic (exact) mass is 316 g/mol. The van der Waals surface area contributed by atoms with Gasteiger partial charge in [0.2, 0.25) is 11.8 Å². The number of benzene rings is 2. The smallest absolute Gasteiger partial charge is 0.249 e. The highest BCUT2D eigenvalue weighted by atomic mass is 19.1. The highest BCUT2D eigenvalue weighted by Crippen LogP contribution is 2.36. The van der Waals surface area contributed by atoms with Crippen molar-refractivity contribution >= 4 is 11.8 Å². The van der Waals surface area contributed by atoms with Crippen molar-refractivity contribution in [2.45, 2.75) is 13.3 Å². The van der Waals surface area contributed by atoms with Crippen LogP contribution in [0.2, 0.25) is 0 Å². The lowest BCUT2D eigenvalue weighted by Crippen LogP contribution is -2.18. The number of halogens is 1. The molecule has 0 aromatic heterocycles. The maximum absolute atomic E-state index is 14.2. The number of carbonyl (C=O) groups is 2. The Balaban J connectivity index is 2.78. The molecule has 0 saturated heterocycles. The summed E-state index contributed by atoms with van der Waals surface area (Å²) >= 11 is 0. The highest BCUT2D eigenvalue weighted by molar-refractivity contribution is 6.08. The number of hydrogen-bond donors (Lipinski definition) is 2. The summed E-state index contributed by atoms with van der Waals surface area (Å²) in [6.07, 6.45) is 0.675. The van der Waals surface area contributed by atoms with Gasteiger partial charge in [-0.2, -0.15) is 0 Å². The molecule has 23 heavy (non-hydrogen) atoms. The topological polar surface area (TPSA) is 95.4 Å². The Kier molecular flexibility index (Phi) is 4.95. The number of primary amides is 2. The minimum absolute atomic E-state index is 0.0365. The fourth-order valence-corrected chi connectivity index (χ4v) is 2.31. The Morgan fingerprint density at radius 1 is 1.04 bits per heavy atom.